The van der Waals surface area contributed by atoms with Gasteiger partial charge >= 0.3 is 5.97 Å². The molecule has 0 aromatic heterocycles. The molecule has 330 valence electrons. The number of carbonyl (C=O) groups is 3. The van der Waals surface area contributed by atoms with Crippen molar-refractivity contribution in [1.29, 1.82) is 0 Å². The number of phenolic OH excluding ortho intramolecular Hbond substituents is 2. The summed E-state index contributed by atoms with van der Waals surface area (Å²) in [4.78, 5) is 40.6. The van der Waals surface area contributed by atoms with Crippen LogP contribution in [-0.2, 0) is 14.3 Å². The number of phenols is 2. The molecule has 0 aliphatic heterocycles. The van der Waals surface area contributed by atoms with Gasteiger partial charge in [-0.1, -0.05) is 77.0 Å². The van der Waals surface area contributed by atoms with Gasteiger partial charge in [-0.05, 0) is 161 Å². The van der Waals surface area contributed by atoms with Gasteiger partial charge < -0.3 is 30.3 Å². The monoisotopic (exact) mass is 829 g/mol. The molecule has 8 unspecified atom stereocenters. The van der Waals surface area contributed by atoms with Gasteiger partial charge in [0.1, 0.15) is 29.0 Å². The highest BCUT2D eigenvalue weighted by atomic mass is 16.6. The number of carbonyl (C=O) groups excluding carboxylic acids is 3. The Hall–Kier alpha value is -3.79. The summed E-state index contributed by atoms with van der Waals surface area (Å²) in [5, 5.41) is 51.5. The van der Waals surface area contributed by atoms with Gasteiger partial charge in [-0.15, -0.1) is 0 Å². The van der Waals surface area contributed by atoms with E-state index >= 15 is 0 Å². The molecular weight excluding hydrogens is 757 g/mol. The first kappa shape index (κ1) is 47.3. The predicted molar refractivity (Wildman–Crippen MR) is 235 cm³/mol. The minimum absolute atomic E-state index is 0.00527. The Morgan fingerprint density at radius 2 is 1.63 bits per heavy atom. The standard InChI is InChI=1S/C51H72O9/c1-32(12-10-14-33(2)30-52)13-11-15-35(28-42(56)37-29-36(54)17-19-41(37)55)46(58)60-45(51(9,59)31-53)21-16-34(3)38-22-26-50(8)40-18-20-43-47(4,5)44(57)24-25-48(43,6)39(40)23-27-49(38,50)7/h13-14,17-19,23,28-29,34,38,43,45,52-55,59H,10-12,15-16,20-22,24-27,30-31H2,1-9H3. The SMILES string of the molecule is CC(=CCCC(C)=CCCC(=CC(=O)c1cc(O)ccc1O)C(=O)OC(CCC(C)C1CCC2(C)C3=CCC4C(C)(C)C(=O)CCC4(C)C3=CCC12C)C(C)(O)CO)CO. The summed E-state index contributed by atoms with van der Waals surface area (Å²) in [5.74, 6) is -0.810. The van der Waals surface area contributed by atoms with E-state index in [4.69, 9.17) is 4.74 Å². The van der Waals surface area contributed by atoms with Crippen molar-refractivity contribution in [2.75, 3.05) is 13.2 Å². The number of rotatable bonds is 17. The summed E-state index contributed by atoms with van der Waals surface area (Å²) in [7, 11) is 0. The fourth-order valence-electron chi connectivity index (χ4n) is 11.6. The van der Waals surface area contributed by atoms with Gasteiger partial charge in [0.05, 0.1) is 18.8 Å². The number of ether oxygens (including phenoxy) is 1. The van der Waals surface area contributed by atoms with E-state index in [1.165, 1.54) is 30.2 Å². The molecule has 5 N–H and O–H groups in total. The van der Waals surface area contributed by atoms with Gasteiger partial charge in [-0.3, -0.25) is 9.59 Å². The second kappa shape index (κ2) is 18.3. The van der Waals surface area contributed by atoms with Gasteiger partial charge in [-0.25, -0.2) is 4.79 Å². The summed E-state index contributed by atoms with van der Waals surface area (Å²) in [6.45, 7) is 18.5. The molecule has 0 bridgehead atoms. The van der Waals surface area contributed by atoms with Gasteiger partial charge in [0.2, 0.25) is 0 Å². The second-order valence-electron chi connectivity index (χ2n) is 20.2. The lowest BCUT2D eigenvalue weighted by molar-refractivity contribution is -0.165. The van der Waals surface area contributed by atoms with Gasteiger partial charge in [0, 0.05) is 17.4 Å². The molecular formula is C51H72O9. The minimum atomic E-state index is -1.75. The summed E-state index contributed by atoms with van der Waals surface area (Å²) in [6.07, 6.45) is 17.4. The minimum Gasteiger partial charge on any atom is -0.508 e. The van der Waals surface area contributed by atoms with Crippen LogP contribution in [0.15, 0.2) is 76.4 Å². The molecule has 1 aromatic rings. The molecule has 5 rings (SSSR count). The lowest BCUT2D eigenvalue weighted by atomic mass is 9.44. The van der Waals surface area contributed by atoms with Crippen LogP contribution in [0, 0.1) is 39.4 Å². The number of hydrogen-bond donors (Lipinski definition) is 5. The van der Waals surface area contributed by atoms with Crippen molar-refractivity contribution in [3.8, 4) is 11.5 Å². The molecule has 0 saturated heterocycles. The number of hydrogen-bond acceptors (Lipinski definition) is 9. The van der Waals surface area contributed by atoms with Gasteiger partial charge in [-0.2, -0.15) is 0 Å². The Balaban J connectivity index is 1.34. The van der Waals surface area contributed by atoms with Crippen LogP contribution in [0.1, 0.15) is 150 Å². The third-order valence-corrected chi connectivity index (χ3v) is 15.9. The molecule has 0 radical (unpaired) electrons. The molecule has 2 fully saturated rings. The lowest BCUT2D eigenvalue weighted by Crippen LogP contribution is -2.53. The fourth-order valence-corrected chi connectivity index (χ4v) is 11.6. The van der Waals surface area contributed by atoms with Crippen LogP contribution in [0.2, 0.25) is 0 Å². The number of esters is 1. The molecule has 0 heterocycles. The molecule has 1 aromatic carbocycles. The fraction of sp³-hybridized carbons (Fsp3) is 0.627. The average Bonchev–Trinajstić information content (AvgIpc) is 3.48. The first-order valence-electron chi connectivity index (χ1n) is 22.2. The highest BCUT2D eigenvalue weighted by Crippen LogP contribution is 2.71. The van der Waals surface area contributed by atoms with Crippen molar-refractivity contribution in [2.24, 2.45) is 39.4 Å². The van der Waals surface area contributed by atoms with Crippen LogP contribution >= 0.6 is 0 Å². The van der Waals surface area contributed by atoms with Crippen LogP contribution in [0.4, 0.5) is 0 Å². The maximum Gasteiger partial charge on any atom is 0.334 e. The molecule has 4 aliphatic carbocycles. The highest BCUT2D eigenvalue weighted by Gasteiger charge is 2.63. The molecule has 8 atom stereocenters. The number of allylic oxidation sites excluding steroid dienone is 8. The summed E-state index contributed by atoms with van der Waals surface area (Å²) >= 11 is 0. The number of fused-ring (bicyclic) bond motifs is 5. The third-order valence-electron chi connectivity index (χ3n) is 15.9. The lowest BCUT2D eigenvalue weighted by Gasteiger charge is -2.59. The molecule has 9 nitrogen and oxygen atoms in total. The zero-order valence-electron chi connectivity index (χ0n) is 37.7. The third kappa shape index (κ3) is 9.19. The van der Waals surface area contributed by atoms with Crippen molar-refractivity contribution < 1.29 is 44.7 Å². The van der Waals surface area contributed by atoms with E-state index in [1.807, 2.05) is 26.0 Å². The Morgan fingerprint density at radius 3 is 2.32 bits per heavy atom. The number of Topliss-reactive ketones (excluding diaryl/α,β-unsaturated/α-hetero) is 1. The molecule has 60 heavy (non-hydrogen) atoms. The highest BCUT2D eigenvalue weighted by molar-refractivity contribution is 6.10. The quantitative estimate of drug-likeness (QED) is 0.0339. The maximum atomic E-state index is 14.1. The van der Waals surface area contributed by atoms with Crippen LogP contribution in [0.3, 0.4) is 0 Å². The Bertz CT molecular complexity index is 1960. The van der Waals surface area contributed by atoms with Crippen LogP contribution in [-0.4, -0.2) is 68.0 Å². The molecule has 2 saturated carbocycles. The van der Waals surface area contributed by atoms with E-state index < -0.39 is 30.1 Å². The van der Waals surface area contributed by atoms with Crippen LogP contribution in [0.25, 0.3) is 0 Å². The molecule has 9 heteroatoms. The summed E-state index contributed by atoms with van der Waals surface area (Å²) in [6, 6.07) is 3.61. The van der Waals surface area contributed by atoms with Crippen LogP contribution < -0.4 is 0 Å². The predicted octanol–water partition coefficient (Wildman–Crippen LogP) is 9.82. The van der Waals surface area contributed by atoms with Gasteiger partial charge in [0.15, 0.2) is 5.78 Å². The Labute approximate surface area is 358 Å². The second-order valence-corrected chi connectivity index (χ2v) is 20.2. The van der Waals surface area contributed by atoms with E-state index in [1.54, 1.807) is 0 Å². The number of ketones is 2. The zero-order valence-corrected chi connectivity index (χ0v) is 37.7. The number of benzene rings is 1. The summed E-state index contributed by atoms with van der Waals surface area (Å²) < 4.78 is 6.07. The van der Waals surface area contributed by atoms with E-state index in [0.29, 0.717) is 37.4 Å². The normalized spacial score (nSPS) is 29.9. The smallest absolute Gasteiger partial charge is 0.334 e. The summed E-state index contributed by atoms with van der Waals surface area (Å²) in [5.41, 5.74) is 2.57. The van der Waals surface area contributed by atoms with E-state index in [2.05, 4.69) is 53.7 Å². The Morgan fingerprint density at radius 1 is 0.950 bits per heavy atom. The number of aromatic hydroxyl groups is 2. The molecule has 0 spiro atoms. The van der Waals surface area contributed by atoms with Crippen molar-refractivity contribution in [3.05, 3.63) is 82.0 Å². The largest absolute Gasteiger partial charge is 0.508 e. The zero-order chi connectivity index (χ0) is 44.4. The maximum absolute atomic E-state index is 14.1. The molecule has 0 amide bonds. The first-order chi connectivity index (χ1) is 28.0. The van der Waals surface area contributed by atoms with Crippen molar-refractivity contribution >= 4 is 17.5 Å². The van der Waals surface area contributed by atoms with Crippen LogP contribution in [0.5, 0.6) is 11.5 Å². The average molecular weight is 829 g/mol. The van der Waals surface area contributed by atoms with E-state index in [-0.39, 0.29) is 69.2 Å². The van der Waals surface area contributed by atoms with Crippen molar-refractivity contribution in [1.82, 2.24) is 0 Å². The topological polar surface area (TPSA) is 162 Å². The van der Waals surface area contributed by atoms with Gasteiger partial charge in [0.25, 0.3) is 0 Å². The van der Waals surface area contributed by atoms with Crippen molar-refractivity contribution in [2.45, 2.75) is 151 Å². The first-order valence-corrected chi connectivity index (χ1v) is 22.2. The van der Waals surface area contributed by atoms with Crippen molar-refractivity contribution in [3.63, 3.8) is 0 Å². The molecule has 4 aliphatic rings. The van der Waals surface area contributed by atoms with E-state index in [9.17, 15) is 39.9 Å². The number of aliphatic hydroxyl groups is 3. The number of aliphatic hydroxyl groups excluding tert-OH is 2. The Kier molecular flexibility index (Phi) is 14.4. The van der Waals surface area contributed by atoms with E-state index in [0.717, 1.165) is 68.2 Å².